The van der Waals surface area contributed by atoms with Gasteiger partial charge in [0.25, 0.3) is 0 Å². The van der Waals surface area contributed by atoms with E-state index in [1.54, 1.807) is 12.1 Å². The third-order valence-corrected chi connectivity index (χ3v) is 4.52. The first kappa shape index (κ1) is 22.2. The zero-order valence-corrected chi connectivity index (χ0v) is 17.8. The molecule has 4 nitrogen and oxygen atoms in total. The molecule has 1 heterocycles. The van der Waals surface area contributed by atoms with Crippen molar-refractivity contribution in [3.05, 3.63) is 35.6 Å². The number of benzene rings is 1. The third kappa shape index (κ3) is 8.35. The van der Waals surface area contributed by atoms with E-state index in [0.29, 0.717) is 6.04 Å². The summed E-state index contributed by atoms with van der Waals surface area (Å²) < 4.78 is 13.1. The van der Waals surface area contributed by atoms with Crippen LogP contribution in [0.25, 0.3) is 0 Å². The van der Waals surface area contributed by atoms with Gasteiger partial charge in [-0.2, -0.15) is 0 Å². The normalized spacial score (nSPS) is 16.4. The quantitative estimate of drug-likeness (QED) is 0.283. The summed E-state index contributed by atoms with van der Waals surface area (Å²) in [5.74, 6) is 0.718. The average Bonchev–Trinajstić information content (AvgIpc) is 2.59. The topological polar surface area (TPSA) is 39.7 Å². The highest BCUT2D eigenvalue weighted by Crippen LogP contribution is 2.10. The third-order valence-electron chi connectivity index (χ3n) is 4.52. The van der Waals surface area contributed by atoms with Crippen LogP contribution in [-0.2, 0) is 6.42 Å². The second-order valence-electron chi connectivity index (χ2n) is 6.49. The number of aliphatic imine (C=N–C) groups is 1. The molecule has 0 aromatic heterocycles. The maximum atomic E-state index is 13.1. The number of aryl methyl sites for hydroxylation is 1. The van der Waals surface area contributed by atoms with Gasteiger partial charge in [0.15, 0.2) is 5.96 Å². The molecule has 2 rings (SSSR count). The lowest BCUT2D eigenvalue weighted by atomic mass is 10.1. The van der Waals surface area contributed by atoms with E-state index in [2.05, 4.69) is 27.4 Å². The fraction of sp³-hybridized carbons (Fsp3) is 0.632. The summed E-state index contributed by atoms with van der Waals surface area (Å²) in [5.41, 5.74) is 1.04. The lowest BCUT2D eigenvalue weighted by Crippen LogP contribution is -2.48. The molecular weight excluding hydrogens is 430 g/mol. The molecule has 1 aliphatic heterocycles. The number of hydrogen-bond acceptors (Lipinski definition) is 2. The molecule has 0 saturated carbocycles. The molecule has 1 aliphatic rings. The minimum atomic E-state index is -0.160. The Morgan fingerprint density at radius 3 is 2.72 bits per heavy atom. The molecule has 0 bridgehead atoms. The summed E-state index contributed by atoms with van der Waals surface area (Å²) in [6.45, 7) is 6.62. The second-order valence-corrected chi connectivity index (χ2v) is 6.49. The molecule has 2 N–H and O–H groups in total. The first-order chi connectivity index (χ1) is 11.7. The summed E-state index contributed by atoms with van der Waals surface area (Å²) in [7, 11) is 1.81. The molecule has 0 spiro atoms. The fourth-order valence-corrected chi connectivity index (χ4v) is 3.20. The van der Waals surface area contributed by atoms with E-state index in [-0.39, 0.29) is 29.8 Å². The molecule has 1 saturated heterocycles. The molecule has 1 aromatic rings. The van der Waals surface area contributed by atoms with Crippen molar-refractivity contribution in [3.63, 3.8) is 0 Å². The average molecular weight is 462 g/mol. The molecule has 25 heavy (non-hydrogen) atoms. The van der Waals surface area contributed by atoms with Gasteiger partial charge in [-0.15, -0.1) is 24.0 Å². The van der Waals surface area contributed by atoms with Crippen molar-refractivity contribution in [2.24, 2.45) is 4.99 Å². The first-order valence-corrected chi connectivity index (χ1v) is 9.15. The van der Waals surface area contributed by atoms with Crippen LogP contribution in [0, 0.1) is 5.82 Å². The Morgan fingerprint density at radius 1 is 1.32 bits per heavy atom. The Kier molecular flexibility index (Phi) is 11.0. The van der Waals surface area contributed by atoms with Crippen LogP contribution in [0.4, 0.5) is 4.39 Å². The van der Waals surface area contributed by atoms with Crippen LogP contribution in [0.5, 0.6) is 0 Å². The van der Waals surface area contributed by atoms with Crippen LogP contribution in [-0.4, -0.2) is 50.1 Å². The number of rotatable bonds is 7. The maximum Gasteiger partial charge on any atom is 0.191 e. The molecule has 0 atom stereocenters. The van der Waals surface area contributed by atoms with Crippen molar-refractivity contribution in [1.82, 2.24) is 15.5 Å². The van der Waals surface area contributed by atoms with Crippen molar-refractivity contribution in [2.75, 3.05) is 33.2 Å². The number of piperidine rings is 1. The Labute approximate surface area is 168 Å². The monoisotopic (exact) mass is 462 g/mol. The Hall–Kier alpha value is -0.890. The molecule has 1 aromatic carbocycles. The smallest absolute Gasteiger partial charge is 0.191 e. The molecule has 0 amide bonds. The first-order valence-electron chi connectivity index (χ1n) is 9.15. The van der Waals surface area contributed by atoms with Crippen LogP contribution in [0.2, 0.25) is 0 Å². The van der Waals surface area contributed by atoms with E-state index < -0.39 is 0 Å². The zero-order valence-electron chi connectivity index (χ0n) is 15.4. The summed E-state index contributed by atoms with van der Waals surface area (Å²) in [6.07, 6.45) is 5.40. The van der Waals surface area contributed by atoms with Crippen LogP contribution in [0.3, 0.4) is 0 Å². The van der Waals surface area contributed by atoms with Crippen molar-refractivity contribution >= 4 is 29.9 Å². The molecule has 0 unspecified atom stereocenters. The van der Waals surface area contributed by atoms with Crippen LogP contribution in [0.1, 0.15) is 38.2 Å². The Bertz CT molecular complexity index is 516. The fourth-order valence-electron chi connectivity index (χ4n) is 3.20. The minimum absolute atomic E-state index is 0. The standard InChI is InChI=1S/C19H31FN4.HI/c1-3-12-24-13-9-18(10-14-24)23-19(21-2)22-11-5-7-16-6-4-8-17(20)15-16;/h4,6,8,15,18H,3,5,7,9-14H2,1-2H3,(H2,21,22,23);1H. The van der Waals surface area contributed by atoms with Gasteiger partial charge >= 0.3 is 0 Å². The number of halogens is 2. The van der Waals surface area contributed by atoms with Gasteiger partial charge in [-0.25, -0.2) is 4.39 Å². The number of guanidine groups is 1. The lowest BCUT2D eigenvalue weighted by molar-refractivity contribution is 0.206. The number of nitrogens with zero attached hydrogens (tertiary/aromatic N) is 2. The van der Waals surface area contributed by atoms with E-state index in [0.717, 1.165) is 30.9 Å². The predicted molar refractivity (Wildman–Crippen MR) is 114 cm³/mol. The molecule has 0 aliphatic carbocycles. The van der Waals surface area contributed by atoms with Gasteiger partial charge in [-0.3, -0.25) is 4.99 Å². The van der Waals surface area contributed by atoms with Gasteiger partial charge in [0.05, 0.1) is 0 Å². The van der Waals surface area contributed by atoms with E-state index in [4.69, 9.17) is 0 Å². The Balaban J connectivity index is 0.00000312. The SMILES string of the molecule is CCCN1CCC(NC(=NC)NCCCc2cccc(F)c2)CC1.I. The van der Waals surface area contributed by atoms with Crippen molar-refractivity contribution < 1.29 is 4.39 Å². The highest BCUT2D eigenvalue weighted by molar-refractivity contribution is 14.0. The summed E-state index contributed by atoms with van der Waals surface area (Å²) in [4.78, 5) is 6.85. The summed E-state index contributed by atoms with van der Waals surface area (Å²) >= 11 is 0. The summed E-state index contributed by atoms with van der Waals surface area (Å²) in [6, 6.07) is 7.34. The van der Waals surface area contributed by atoms with E-state index in [9.17, 15) is 4.39 Å². The van der Waals surface area contributed by atoms with Gasteiger partial charge in [0.2, 0.25) is 0 Å². The number of likely N-dealkylation sites (tertiary alicyclic amines) is 1. The minimum Gasteiger partial charge on any atom is -0.356 e. The molecule has 1 fully saturated rings. The summed E-state index contributed by atoms with van der Waals surface area (Å²) in [5, 5.41) is 6.90. The zero-order chi connectivity index (χ0) is 17.2. The van der Waals surface area contributed by atoms with Crippen molar-refractivity contribution in [1.29, 1.82) is 0 Å². The van der Waals surface area contributed by atoms with Crippen molar-refractivity contribution in [2.45, 2.75) is 45.1 Å². The number of hydrogen-bond donors (Lipinski definition) is 2. The van der Waals surface area contributed by atoms with E-state index >= 15 is 0 Å². The highest BCUT2D eigenvalue weighted by Gasteiger charge is 2.19. The van der Waals surface area contributed by atoms with Gasteiger partial charge in [0, 0.05) is 32.7 Å². The molecule has 142 valence electrons. The number of nitrogens with one attached hydrogen (secondary N) is 2. The van der Waals surface area contributed by atoms with Crippen LogP contribution in [0.15, 0.2) is 29.3 Å². The van der Waals surface area contributed by atoms with Crippen LogP contribution < -0.4 is 10.6 Å². The highest BCUT2D eigenvalue weighted by atomic mass is 127. The van der Waals surface area contributed by atoms with Crippen LogP contribution >= 0.6 is 24.0 Å². The lowest BCUT2D eigenvalue weighted by Gasteiger charge is -2.32. The van der Waals surface area contributed by atoms with Gasteiger partial charge < -0.3 is 15.5 Å². The van der Waals surface area contributed by atoms with Crippen molar-refractivity contribution in [3.8, 4) is 0 Å². The second kappa shape index (κ2) is 12.5. The maximum absolute atomic E-state index is 13.1. The largest absolute Gasteiger partial charge is 0.356 e. The molecule has 6 heteroatoms. The van der Waals surface area contributed by atoms with Gasteiger partial charge in [0.1, 0.15) is 5.82 Å². The van der Waals surface area contributed by atoms with E-state index in [1.807, 2.05) is 13.1 Å². The Morgan fingerprint density at radius 2 is 2.08 bits per heavy atom. The van der Waals surface area contributed by atoms with E-state index in [1.165, 1.54) is 45.0 Å². The molecular formula is C19H32FIN4. The molecule has 0 radical (unpaired) electrons. The predicted octanol–water partition coefficient (Wildman–Crippen LogP) is 3.42. The van der Waals surface area contributed by atoms with Gasteiger partial charge in [-0.1, -0.05) is 19.1 Å². The van der Waals surface area contributed by atoms with Gasteiger partial charge in [-0.05, 0) is 56.3 Å².